The molecule has 1 rings (SSSR count). The van der Waals surface area contributed by atoms with Gasteiger partial charge in [-0.1, -0.05) is 20.3 Å². The van der Waals surface area contributed by atoms with Crippen molar-refractivity contribution < 1.29 is 0 Å². The van der Waals surface area contributed by atoms with Crippen LogP contribution in [0.25, 0.3) is 0 Å². The first-order valence-electron chi connectivity index (χ1n) is 5.28. The van der Waals surface area contributed by atoms with Crippen LogP contribution in [0.4, 0.5) is 5.82 Å². The van der Waals surface area contributed by atoms with E-state index in [0.717, 1.165) is 17.5 Å². The molecule has 84 valence electrons. The molecule has 0 fully saturated rings. The minimum atomic E-state index is 0.0717. The standard InChI is InChI=1S/C11H20N4/c1-4-8(3)10(15-13)9-5-7(2)6-14-11(9)12/h5-6,8,10,15H,4,13H2,1-3H3,(H2,12,14). The molecule has 15 heavy (non-hydrogen) atoms. The van der Waals surface area contributed by atoms with Gasteiger partial charge in [0.1, 0.15) is 5.82 Å². The number of hydrogen-bond donors (Lipinski definition) is 3. The van der Waals surface area contributed by atoms with Gasteiger partial charge in [-0.15, -0.1) is 0 Å². The molecule has 1 heterocycles. The highest BCUT2D eigenvalue weighted by molar-refractivity contribution is 5.43. The minimum Gasteiger partial charge on any atom is -0.383 e. The summed E-state index contributed by atoms with van der Waals surface area (Å²) >= 11 is 0. The Morgan fingerprint density at radius 2 is 2.20 bits per heavy atom. The lowest BCUT2D eigenvalue weighted by Crippen LogP contribution is -2.33. The molecule has 0 saturated carbocycles. The van der Waals surface area contributed by atoms with E-state index in [4.69, 9.17) is 11.6 Å². The molecule has 0 saturated heterocycles. The summed E-state index contributed by atoms with van der Waals surface area (Å²) in [6.45, 7) is 6.28. The molecule has 0 bridgehead atoms. The van der Waals surface area contributed by atoms with Gasteiger partial charge >= 0.3 is 0 Å². The van der Waals surface area contributed by atoms with Crippen LogP contribution in [0.1, 0.15) is 37.4 Å². The number of nitrogens with two attached hydrogens (primary N) is 2. The molecule has 0 aliphatic carbocycles. The third-order valence-corrected chi connectivity index (χ3v) is 2.81. The summed E-state index contributed by atoms with van der Waals surface area (Å²) in [7, 11) is 0. The molecule has 0 aliphatic heterocycles. The molecule has 1 aromatic rings. The predicted octanol–water partition coefficient (Wildman–Crippen LogP) is 1.52. The van der Waals surface area contributed by atoms with Gasteiger partial charge in [-0.05, 0) is 24.5 Å². The van der Waals surface area contributed by atoms with Crippen LogP contribution in [-0.2, 0) is 0 Å². The molecule has 4 nitrogen and oxygen atoms in total. The molecule has 0 amide bonds. The van der Waals surface area contributed by atoms with Gasteiger partial charge in [-0.25, -0.2) is 4.98 Å². The zero-order valence-corrected chi connectivity index (χ0v) is 9.62. The Bertz CT molecular complexity index is 324. The van der Waals surface area contributed by atoms with E-state index in [0.29, 0.717) is 11.7 Å². The van der Waals surface area contributed by atoms with Gasteiger partial charge in [0.05, 0.1) is 6.04 Å². The van der Waals surface area contributed by atoms with Crippen molar-refractivity contribution in [1.29, 1.82) is 0 Å². The number of nitrogens with one attached hydrogen (secondary N) is 1. The number of aromatic nitrogens is 1. The molecule has 1 aromatic heterocycles. The van der Waals surface area contributed by atoms with Gasteiger partial charge < -0.3 is 5.73 Å². The summed E-state index contributed by atoms with van der Waals surface area (Å²) < 4.78 is 0. The lowest BCUT2D eigenvalue weighted by molar-refractivity contribution is 0.383. The van der Waals surface area contributed by atoms with Crippen molar-refractivity contribution in [2.24, 2.45) is 11.8 Å². The Kier molecular flexibility index (Phi) is 4.05. The van der Waals surface area contributed by atoms with E-state index >= 15 is 0 Å². The Labute approximate surface area is 91.0 Å². The number of anilines is 1. The van der Waals surface area contributed by atoms with Crippen molar-refractivity contribution in [2.45, 2.75) is 33.2 Å². The van der Waals surface area contributed by atoms with Crippen LogP contribution < -0.4 is 17.0 Å². The predicted molar refractivity (Wildman–Crippen MR) is 62.9 cm³/mol. The Morgan fingerprint density at radius 1 is 1.53 bits per heavy atom. The largest absolute Gasteiger partial charge is 0.383 e. The van der Waals surface area contributed by atoms with Crippen molar-refractivity contribution in [3.8, 4) is 0 Å². The molecule has 5 N–H and O–H groups in total. The highest BCUT2D eigenvalue weighted by atomic mass is 15.2. The van der Waals surface area contributed by atoms with Gasteiger partial charge in [-0.2, -0.15) is 0 Å². The highest BCUT2D eigenvalue weighted by Gasteiger charge is 2.19. The zero-order chi connectivity index (χ0) is 11.4. The van der Waals surface area contributed by atoms with Crippen LogP contribution in [-0.4, -0.2) is 4.98 Å². The molecule has 2 atom stereocenters. The second-order valence-corrected chi connectivity index (χ2v) is 4.02. The zero-order valence-electron chi connectivity index (χ0n) is 9.62. The van der Waals surface area contributed by atoms with Gasteiger partial charge in [0.15, 0.2) is 0 Å². The number of aryl methyl sites for hydroxylation is 1. The molecular weight excluding hydrogens is 188 g/mol. The van der Waals surface area contributed by atoms with E-state index in [1.54, 1.807) is 6.20 Å². The maximum Gasteiger partial charge on any atom is 0.128 e. The first-order valence-corrected chi connectivity index (χ1v) is 5.28. The van der Waals surface area contributed by atoms with E-state index in [2.05, 4.69) is 24.3 Å². The summed E-state index contributed by atoms with van der Waals surface area (Å²) in [6, 6.07) is 2.11. The topological polar surface area (TPSA) is 77.0 Å². The SMILES string of the molecule is CCC(C)C(NN)c1cc(C)cnc1N. The normalized spacial score (nSPS) is 14.9. The number of pyridine rings is 1. The summed E-state index contributed by atoms with van der Waals surface area (Å²) in [4.78, 5) is 4.15. The number of hydrazine groups is 1. The molecular formula is C11H20N4. The van der Waals surface area contributed by atoms with Crippen LogP contribution >= 0.6 is 0 Å². The maximum atomic E-state index is 5.85. The van der Waals surface area contributed by atoms with Crippen LogP contribution in [0.15, 0.2) is 12.3 Å². The average molecular weight is 208 g/mol. The van der Waals surface area contributed by atoms with E-state index in [9.17, 15) is 0 Å². The fourth-order valence-corrected chi connectivity index (χ4v) is 1.65. The fraction of sp³-hybridized carbons (Fsp3) is 0.545. The van der Waals surface area contributed by atoms with Crippen molar-refractivity contribution in [1.82, 2.24) is 10.4 Å². The lowest BCUT2D eigenvalue weighted by Gasteiger charge is -2.23. The highest BCUT2D eigenvalue weighted by Crippen LogP contribution is 2.27. The van der Waals surface area contributed by atoms with Crippen molar-refractivity contribution in [2.75, 3.05) is 5.73 Å². The fourth-order valence-electron chi connectivity index (χ4n) is 1.65. The van der Waals surface area contributed by atoms with Crippen LogP contribution in [0, 0.1) is 12.8 Å². The minimum absolute atomic E-state index is 0.0717. The number of nitrogen functional groups attached to an aromatic ring is 1. The molecule has 4 heteroatoms. The van der Waals surface area contributed by atoms with E-state index in [1.807, 2.05) is 13.0 Å². The second-order valence-electron chi connectivity index (χ2n) is 4.02. The summed E-state index contributed by atoms with van der Waals surface area (Å²) in [5, 5.41) is 0. The van der Waals surface area contributed by atoms with Gasteiger partial charge in [0, 0.05) is 11.8 Å². The molecule has 0 spiro atoms. The number of nitrogens with zero attached hydrogens (tertiary/aromatic N) is 1. The van der Waals surface area contributed by atoms with Crippen LogP contribution in [0.3, 0.4) is 0 Å². The Balaban J connectivity index is 3.05. The molecule has 0 aliphatic rings. The molecule has 2 unspecified atom stereocenters. The Hall–Kier alpha value is -1.13. The summed E-state index contributed by atoms with van der Waals surface area (Å²) in [5.41, 5.74) is 10.8. The van der Waals surface area contributed by atoms with Crippen molar-refractivity contribution in [3.05, 3.63) is 23.4 Å². The van der Waals surface area contributed by atoms with E-state index < -0.39 is 0 Å². The average Bonchev–Trinajstić information content (AvgIpc) is 2.23. The smallest absolute Gasteiger partial charge is 0.128 e. The van der Waals surface area contributed by atoms with Crippen LogP contribution in [0.2, 0.25) is 0 Å². The Morgan fingerprint density at radius 3 is 2.73 bits per heavy atom. The van der Waals surface area contributed by atoms with Gasteiger partial charge in [0.25, 0.3) is 0 Å². The summed E-state index contributed by atoms with van der Waals surface area (Å²) in [6.07, 6.45) is 2.81. The first-order chi connectivity index (χ1) is 7.10. The molecule has 0 radical (unpaired) electrons. The van der Waals surface area contributed by atoms with Gasteiger partial charge in [-0.3, -0.25) is 11.3 Å². The third kappa shape index (κ3) is 2.67. The molecule has 0 aromatic carbocycles. The summed E-state index contributed by atoms with van der Waals surface area (Å²) in [5.74, 6) is 6.56. The second kappa shape index (κ2) is 5.09. The number of hydrogen-bond acceptors (Lipinski definition) is 4. The number of rotatable bonds is 4. The van der Waals surface area contributed by atoms with Crippen molar-refractivity contribution in [3.63, 3.8) is 0 Å². The lowest BCUT2D eigenvalue weighted by atomic mass is 9.93. The monoisotopic (exact) mass is 208 g/mol. The third-order valence-electron chi connectivity index (χ3n) is 2.81. The van der Waals surface area contributed by atoms with E-state index in [1.165, 1.54) is 0 Å². The first kappa shape index (κ1) is 11.9. The van der Waals surface area contributed by atoms with Crippen LogP contribution in [0.5, 0.6) is 0 Å². The quantitative estimate of drug-likeness (QED) is 0.518. The maximum absolute atomic E-state index is 5.85. The van der Waals surface area contributed by atoms with Gasteiger partial charge in [0.2, 0.25) is 0 Å². The van der Waals surface area contributed by atoms with Crippen molar-refractivity contribution >= 4 is 5.82 Å². The van der Waals surface area contributed by atoms with E-state index in [-0.39, 0.29) is 6.04 Å².